The van der Waals surface area contributed by atoms with Crippen LogP contribution in [0.25, 0.3) is 0 Å². The van der Waals surface area contributed by atoms with E-state index in [-0.39, 0.29) is 0 Å². The van der Waals surface area contributed by atoms with Gasteiger partial charge in [0.1, 0.15) is 0 Å². The predicted octanol–water partition coefficient (Wildman–Crippen LogP) is 5.77. The SMILES string of the molecule is C#C.C=C/C=C(C)\C=C/C.CC.CO/C=C\C(C)C. The molecule has 1 heteroatoms. The van der Waals surface area contributed by atoms with Gasteiger partial charge in [0.2, 0.25) is 0 Å². The fourth-order valence-electron chi connectivity index (χ4n) is 0.740. The Bertz CT molecular complexity index is 252. The third-order valence-electron chi connectivity index (χ3n) is 1.41. The molecule has 0 aliphatic rings. The first-order valence-corrected chi connectivity index (χ1v) is 6.53. The Morgan fingerprint density at radius 3 is 1.89 bits per heavy atom. The molecular formula is C18H32O. The first kappa shape index (κ1) is 26.0. The van der Waals surface area contributed by atoms with Gasteiger partial charge in [-0.2, -0.15) is 0 Å². The van der Waals surface area contributed by atoms with Crippen molar-refractivity contribution in [1.29, 1.82) is 0 Å². The molecule has 0 radical (unpaired) electrons. The number of hydrogen-bond acceptors (Lipinski definition) is 1. The number of hydrogen-bond donors (Lipinski definition) is 0. The van der Waals surface area contributed by atoms with E-state index in [0.717, 1.165) is 0 Å². The molecule has 0 fully saturated rings. The Balaban J connectivity index is -0.0000000941. The van der Waals surface area contributed by atoms with Crippen LogP contribution in [0.2, 0.25) is 0 Å². The molecular weight excluding hydrogens is 232 g/mol. The average molecular weight is 264 g/mol. The maximum Gasteiger partial charge on any atom is 0.0787 e. The van der Waals surface area contributed by atoms with Crippen LogP contribution in [-0.2, 0) is 4.74 Å². The molecule has 0 aromatic heterocycles. The second kappa shape index (κ2) is 29.9. The number of rotatable bonds is 4. The van der Waals surface area contributed by atoms with E-state index < -0.39 is 0 Å². The molecule has 0 aliphatic heterocycles. The molecule has 0 atom stereocenters. The van der Waals surface area contributed by atoms with Crippen LogP contribution < -0.4 is 0 Å². The van der Waals surface area contributed by atoms with E-state index in [9.17, 15) is 0 Å². The highest BCUT2D eigenvalue weighted by atomic mass is 16.5. The Hall–Kier alpha value is -1.68. The van der Waals surface area contributed by atoms with Gasteiger partial charge in [-0.25, -0.2) is 0 Å². The summed E-state index contributed by atoms with van der Waals surface area (Å²) in [5.41, 5.74) is 1.24. The monoisotopic (exact) mass is 264 g/mol. The quantitative estimate of drug-likeness (QED) is 0.355. The summed E-state index contributed by atoms with van der Waals surface area (Å²) in [6.07, 6.45) is 19.5. The van der Waals surface area contributed by atoms with E-state index in [4.69, 9.17) is 0 Å². The topological polar surface area (TPSA) is 9.23 Å². The summed E-state index contributed by atoms with van der Waals surface area (Å²) in [5.74, 6) is 0.597. The van der Waals surface area contributed by atoms with Crippen LogP contribution in [0.4, 0.5) is 0 Å². The zero-order valence-corrected chi connectivity index (χ0v) is 13.8. The molecule has 0 heterocycles. The van der Waals surface area contributed by atoms with Gasteiger partial charge >= 0.3 is 0 Å². The molecule has 1 nitrogen and oxygen atoms in total. The zero-order valence-electron chi connectivity index (χ0n) is 13.8. The first-order chi connectivity index (χ1) is 9.08. The van der Waals surface area contributed by atoms with E-state index in [1.807, 2.05) is 52.0 Å². The van der Waals surface area contributed by atoms with Crippen LogP contribution in [0, 0.1) is 18.8 Å². The molecule has 0 spiro atoms. The second-order valence-electron chi connectivity index (χ2n) is 3.45. The van der Waals surface area contributed by atoms with Crippen LogP contribution in [0.5, 0.6) is 0 Å². The molecule has 0 unspecified atom stereocenters. The van der Waals surface area contributed by atoms with E-state index in [1.165, 1.54) is 5.57 Å². The highest BCUT2D eigenvalue weighted by Gasteiger charge is 1.79. The molecule has 0 aromatic rings. The summed E-state index contributed by atoms with van der Waals surface area (Å²) in [6, 6.07) is 0. The van der Waals surface area contributed by atoms with Gasteiger partial charge in [0.15, 0.2) is 0 Å². The van der Waals surface area contributed by atoms with Crippen LogP contribution in [0.1, 0.15) is 41.5 Å². The van der Waals surface area contributed by atoms with E-state index in [0.29, 0.717) is 5.92 Å². The highest BCUT2D eigenvalue weighted by molar-refractivity contribution is 5.19. The lowest BCUT2D eigenvalue weighted by Crippen LogP contribution is -1.76. The van der Waals surface area contributed by atoms with Crippen molar-refractivity contribution in [1.82, 2.24) is 0 Å². The van der Waals surface area contributed by atoms with Gasteiger partial charge in [-0.3, -0.25) is 0 Å². The lowest BCUT2D eigenvalue weighted by molar-refractivity contribution is 0.335. The van der Waals surface area contributed by atoms with Crippen LogP contribution >= 0.6 is 0 Å². The zero-order chi connectivity index (χ0) is 16.1. The standard InChI is InChI=1S/C8H12.C6H12O.C2H6.C2H2/c1-4-6-8(3)7-5-2;1-6(2)4-5-7-3;2*1-2/h4-7H,1H2,2-3H3;4-6H,1-3H3;1-2H3;1-2H/b7-5-,8-6-;5-4-;;. The van der Waals surface area contributed by atoms with Gasteiger partial charge in [0, 0.05) is 0 Å². The summed E-state index contributed by atoms with van der Waals surface area (Å²) >= 11 is 0. The molecule has 0 amide bonds. The number of terminal acetylenes is 1. The lowest BCUT2D eigenvalue weighted by atomic mass is 10.2. The van der Waals surface area contributed by atoms with E-state index in [1.54, 1.807) is 19.4 Å². The minimum absolute atomic E-state index is 0.597. The summed E-state index contributed by atoms with van der Waals surface area (Å²) in [7, 11) is 1.65. The van der Waals surface area contributed by atoms with Crippen LogP contribution in [0.15, 0.2) is 48.8 Å². The van der Waals surface area contributed by atoms with E-state index >= 15 is 0 Å². The van der Waals surface area contributed by atoms with Gasteiger partial charge in [0.05, 0.1) is 13.4 Å². The first-order valence-electron chi connectivity index (χ1n) is 6.53. The van der Waals surface area contributed by atoms with Gasteiger partial charge in [0.25, 0.3) is 0 Å². The molecule has 0 saturated carbocycles. The van der Waals surface area contributed by atoms with Crippen molar-refractivity contribution in [2.75, 3.05) is 7.11 Å². The van der Waals surface area contributed by atoms with Crippen molar-refractivity contribution in [2.45, 2.75) is 41.5 Å². The smallest absolute Gasteiger partial charge is 0.0787 e. The highest BCUT2D eigenvalue weighted by Crippen LogP contribution is 1.93. The van der Waals surface area contributed by atoms with Gasteiger partial charge in [-0.15, -0.1) is 12.8 Å². The lowest BCUT2D eigenvalue weighted by Gasteiger charge is -1.90. The maximum absolute atomic E-state index is 4.67. The summed E-state index contributed by atoms with van der Waals surface area (Å²) < 4.78 is 4.67. The van der Waals surface area contributed by atoms with Crippen molar-refractivity contribution in [3.8, 4) is 12.8 Å². The molecule has 0 aliphatic carbocycles. The third kappa shape index (κ3) is 48.3. The van der Waals surface area contributed by atoms with Crippen LogP contribution in [-0.4, -0.2) is 7.11 Å². The Labute approximate surface area is 121 Å². The molecule has 0 saturated heterocycles. The van der Waals surface area contributed by atoms with Crippen LogP contribution in [0.3, 0.4) is 0 Å². The Morgan fingerprint density at radius 2 is 1.68 bits per heavy atom. The molecule has 0 N–H and O–H groups in total. The fraction of sp³-hybridized carbons (Fsp3) is 0.444. The van der Waals surface area contributed by atoms with E-state index in [2.05, 4.69) is 38.0 Å². The number of allylic oxidation sites excluding steroid dienone is 6. The van der Waals surface area contributed by atoms with Gasteiger partial charge in [-0.05, 0) is 25.8 Å². The normalized spacial score (nSPS) is 9.68. The number of ether oxygens (including phenoxy) is 1. The minimum atomic E-state index is 0.597. The summed E-state index contributed by atoms with van der Waals surface area (Å²) in [5, 5.41) is 0. The van der Waals surface area contributed by atoms with Crippen molar-refractivity contribution < 1.29 is 4.74 Å². The largest absolute Gasteiger partial charge is 0.505 e. The third-order valence-corrected chi connectivity index (χ3v) is 1.41. The maximum atomic E-state index is 4.67. The average Bonchev–Trinajstić information content (AvgIpc) is 2.42. The fourth-order valence-corrected chi connectivity index (χ4v) is 0.740. The molecule has 0 aromatic carbocycles. The Morgan fingerprint density at radius 1 is 1.21 bits per heavy atom. The van der Waals surface area contributed by atoms with Crippen molar-refractivity contribution >= 4 is 0 Å². The minimum Gasteiger partial charge on any atom is -0.505 e. The Kier molecular flexibility index (Phi) is 40.9. The molecule has 19 heavy (non-hydrogen) atoms. The summed E-state index contributed by atoms with van der Waals surface area (Å²) in [6.45, 7) is 15.8. The van der Waals surface area contributed by atoms with Gasteiger partial charge in [-0.1, -0.05) is 64.2 Å². The van der Waals surface area contributed by atoms with Gasteiger partial charge < -0.3 is 4.74 Å². The number of methoxy groups -OCH3 is 1. The second-order valence-corrected chi connectivity index (χ2v) is 3.45. The summed E-state index contributed by atoms with van der Waals surface area (Å²) in [4.78, 5) is 0. The predicted molar refractivity (Wildman–Crippen MR) is 91.0 cm³/mol. The van der Waals surface area contributed by atoms with Crippen molar-refractivity contribution in [3.63, 3.8) is 0 Å². The molecule has 0 bridgehead atoms. The molecule has 0 rings (SSSR count). The van der Waals surface area contributed by atoms with Crippen molar-refractivity contribution in [2.24, 2.45) is 5.92 Å². The molecule has 110 valence electrons. The van der Waals surface area contributed by atoms with Crippen molar-refractivity contribution in [3.05, 3.63) is 48.8 Å².